The first kappa shape index (κ1) is 12.2. The van der Waals surface area contributed by atoms with E-state index in [1.165, 1.54) is 4.52 Å². The highest BCUT2D eigenvalue weighted by molar-refractivity contribution is 5.34. The number of ether oxygens (including phenoxy) is 1. The number of rotatable bonds is 3. The fraction of sp³-hybridized carbons (Fsp3) is 0.167. The van der Waals surface area contributed by atoms with Crippen LogP contribution in [0.2, 0.25) is 0 Å². The summed E-state index contributed by atoms with van der Waals surface area (Å²) in [5.41, 5.74) is 6.55. The molecule has 0 saturated heterocycles. The molecule has 0 radical (unpaired) electrons. The van der Waals surface area contributed by atoms with Crippen LogP contribution in [0.15, 0.2) is 29.1 Å². The first-order valence-electron chi connectivity index (χ1n) is 5.90. The largest absolute Gasteiger partial charge is 0.497 e. The van der Waals surface area contributed by atoms with Crippen molar-refractivity contribution in [2.24, 2.45) is 0 Å². The molecule has 2 heterocycles. The molecule has 0 aliphatic rings. The number of methoxy groups -OCH3 is 1. The van der Waals surface area contributed by atoms with Crippen molar-refractivity contribution < 1.29 is 4.74 Å². The third-order valence-corrected chi connectivity index (χ3v) is 2.88. The molecule has 1 aromatic carbocycles. The minimum absolute atomic E-state index is 0.128. The van der Waals surface area contributed by atoms with Crippen molar-refractivity contribution in [1.29, 1.82) is 0 Å². The van der Waals surface area contributed by atoms with Crippen molar-refractivity contribution >= 4 is 11.7 Å². The Balaban J connectivity index is 2.03. The number of anilines is 1. The van der Waals surface area contributed by atoms with Gasteiger partial charge < -0.3 is 10.5 Å². The average Bonchev–Trinajstić information content (AvgIpc) is 2.80. The lowest BCUT2D eigenvalue weighted by molar-refractivity contribution is 0.414. The summed E-state index contributed by atoms with van der Waals surface area (Å²) in [4.78, 5) is 14.5. The van der Waals surface area contributed by atoms with Gasteiger partial charge in [-0.2, -0.15) is 9.61 Å². The normalized spacial score (nSPS) is 10.8. The van der Waals surface area contributed by atoms with E-state index in [-0.39, 0.29) is 17.3 Å². The van der Waals surface area contributed by atoms with Gasteiger partial charge in [0.1, 0.15) is 11.4 Å². The Labute approximate surface area is 113 Å². The van der Waals surface area contributed by atoms with Crippen LogP contribution >= 0.6 is 0 Å². The topological polar surface area (TPSA) is 111 Å². The van der Waals surface area contributed by atoms with Gasteiger partial charge in [-0.3, -0.25) is 9.78 Å². The number of fused-ring (bicyclic) bond motifs is 1. The van der Waals surface area contributed by atoms with E-state index < -0.39 is 0 Å². The smallest absolute Gasteiger partial charge is 0.274 e. The molecule has 2 aromatic heterocycles. The van der Waals surface area contributed by atoms with Crippen molar-refractivity contribution in [2.75, 3.05) is 12.8 Å². The molecule has 0 spiro atoms. The molecule has 3 rings (SSSR count). The molecular weight excluding hydrogens is 260 g/mol. The van der Waals surface area contributed by atoms with E-state index in [4.69, 9.17) is 10.5 Å². The summed E-state index contributed by atoms with van der Waals surface area (Å²) in [6, 6.07) is 7.43. The number of nitrogen functional groups attached to an aromatic ring is 1. The Morgan fingerprint density at radius 2 is 2.25 bits per heavy atom. The number of nitrogens with two attached hydrogens (primary N) is 1. The molecule has 0 unspecified atom stereocenters. The SMILES string of the molecule is COc1cccc(Cc2nn3c(N)nnc3[nH]c2=O)c1. The van der Waals surface area contributed by atoms with Crippen molar-refractivity contribution in [3.8, 4) is 5.75 Å². The van der Waals surface area contributed by atoms with E-state index in [1.54, 1.807) is 7.11 Å². The lowest BCUT2D eigenvalue weighted by Gasteiger charge is -2.04. The molecule has 3 aromatic rings. The highest BCUT2D eigenvalue weighted by Crippen LogP contribution is 2.14. The van der Waals surface area contributed by atoms with Gasteiger partial charge in [-0.25, -0.2) is 0 Å². The molecule has 0 bridgehead atoms. The summed E-state index contributed by atoms with van der Waals surface area (Å²) in [5, 5.41) is 11.5. The standard InChI is InChI=1S/C12H12N6O2/c1-20-8-4-2-3-7(5-8)6-9-10(19)14-12-16-15-11(13)18(12)17-9/h2-5H,6H2,1H3,(H2,13,15)(H,14,16,19). The number of hydrogen-bond donors (Lipinski definition) is 2. The van der Waals surface area contributed by atoms with Crippen molar-refractivity contribution in [2.45, 2.75) is 6.42 Å². The third-order valence-electron chi connectivity index (χ3n) is 2.88. The molecule has 0 amide bonds. The third kappa shape index (κ3) is 2.07. The van der Waals surface area contributed by atoms with Gasteiger partial charge >= 0.3 is 0 Å². The number of benzene rings is 1. The molecule has 0 aliphatic carbocycles. The highest BCUT2D eigenvalue weighted by atomic mass is 16.5. The minimum Gasteiger partial charge on any atom is -0.497 e. The summed E-state index contributed by atoms with van der Waals surface area (Å²) in [6.45, 7) is 0. The first-order valence-corrected chi connectivity index (χ1v) is 5.90. The summed E-state index contributed by atoms with van der Waals surface area (Å²) < 4.78 is 6.45. The van der Waals surface area contributed by atoms with E-state index in [2.05, 4.69) is 20.3 Å². The van der Waals surface area contributed by atoms with Gasteiger partial charge in [0.25, 0.3) is 11.3 Å². The second-order valence-corrected chi connectivity index (χ2v) is 4.22. The highest BCUT2D eigenvalue weighted by Gasteiger charge is 2.10. The minimum atomic E-state index is -0.312. The van der Waals surface area contributed by atoms with Crippen LogP contribution in [0, 0.1) is 0 Å². The van der Waals surface area contributed by atoms with E-state index in [9.17, 15) is 4.79 Å². The zero-order chi connectivity index (χ0) is 14.1. The monoisotopic (exact) mass is 272 g/mol. The number of nitrogens with zero attached hydrogens (tertiary/aromatic N) is 4. The summed E-state index contributed by atoms with van der Waals surface area (Å²) >= 11 is 0. The maximum absolute atomic E-state index is 11.9. The molecule has 102 valence electrons. The predicted octanol–water partition coefficient (Wildman–Crippen LogP) is -0.00580. The quantitative estimate of drug-likeness (QED) is 0.694. The van der Waals surface area contributed by atoms with Gasteiger partial charge in [-0.1, -0.05) is 12.1 Å². The van der Waals surface area contributed by atoms with Gasteiger partial charge in [0.05, 0.1) is 7.11 Å². The fourth-order valence-electron chi connectivity index (χ4n) is 1.90. The lowest BCUT2D eigenvalue weighted by Crippen LogP contribution is -2.19. The number of H-pyrrole nitrogens is 1. The van der Waals surface area contributed by atoms with Gasteiger partial charge in [0, 0.05) is 6.42 Å². The Hall–Kier alpha value is -2.90. The second-order valence-electron chi connectivity index (χ2n) is 4.22. The van der Waals surface area contributed by atoms with Crippen LogP contribution in [0.3, 0.4) is 0 Å². The van der Waals surface area contributed by atoms with Crippen LogP contribution in [0.5, 0.6) is 5.75 Å². The van der Waals surface area contributed by atoms with Crippen molar-refractivity contribution in [3.05, 3.63) is 45.9 Å². The van der Waals surface area contributed by atoms with E-state index in [1.807, 2.05) is 24.3 Å². The van der Waals surface area contributed by atoms with E-state index in [0.717, 1.165) is 11.3 Å². The summed E-state index contributed by atoms with van der Waals surface area (Å²) in [5.74, 6) is 1.08. The molecule has 8 heteroatoms. The molecular formula is C12H12N6O2. The van der Waals surface area contributed by atoms with E-state index >= 15 is 0 Å². The van der Waals surface area contributed by atoms with Crippen LogP contribution in [0.1, 0.15) is 11.3 Å². The van der Waals surface area contributed by atoms with Crippen LogP contribution in [-0.4, -0.2) is 31.9 Å². The average molecular weight is 272 g/mol. The maximum Gasteiger partial charge on any atom is 0.274 e. The molecule has 20 heavy (non-hydrogen) atoms. The lowest BCUT2D eigenvalue weighted by atomic mass is 10.1. The Morgan fingerprint density at radius 3 is 3.05 bits per heavy atom. The van der Waals surface area contributed by atoms with Gasteiger partial charge in [-0.05, 0) is 17.7 Å². The Morgan fingerprint density at radius 1 is 1.40 bits per heavy atom. The summed E-state index contributed by atoms with van der Waals surface area (Å²) in [7, 11) is 1.59. The zero-order valence-corrected chi connectivity index (χ0v) is 10.7. The number of aromatic nitrogens is 5. The van der Waals surface area contributed by atoms with E-state index in [0.29, 0.717) is 12.1 Å². The van der Waals surface area contributed by atoms with Gasteiger partial charge in [-0.15, -0.1) is 10.2 Å². The molecule has 0 aliphatic heterocycles. The van der Waals surface area contributed by atoms with Crippen LogP contribution in [0.4, 0.5) is 5.95 Å². The van der Waals surface area contributed by atoms with Gasteiger partial charge in [0.15, 0.2) is 0 Å². The second kappa shape index (κ2) is 4.65. The van der Waals surface area contributed by atoms with Crippen LogP contribution in [-0.2, 0) is 6.42 Å². The molecule has 0 atom stereocenters. The zero-order valence-electron chi connectivity index (χ0n) is 10.7. The Bertz CT molecular complexity index is 822. The van der Waals surface area contributed by atoms with Crippen molar-refractivity contribution in [1.82, 2.24) is 24.8 Å². The Kier molecular flexibility index (Phi) is 2.82. The predicted molar refractivity (Wildman–Crippen MR) is 71.6 cm³/mol. The maximum atomic E-state index is 11.9. The van der Waals surface area contributed by atoms with Crippen LogP contribution < -0.4 is 16.0 Å². The molecule has 0 saturated carbocycles. The number of hydrogen-bond acceptors (Lipinski definition) is 6. The first-order chi connectivity index (χ1) is 9.67. The summed E-state index contributed by atoms with van der Waals surface area (Å²) in [6.07, 6.45) is 0.361. The number of aromatic amines is 1. The van der Waals surface area contributed by atoms with Gasteiger partial charge in [0.2, 0.25) is 5.95 Å². The molecule has 3 N–H and O–H groups in total. The number of nitrogens with one attached hydrogen (secondary N) is 1. The van der Waals surface area contributed by atoms with Crippen molar-refractivity contribution in [3.63, 3.8) is 0 Å². The molecule has 8 nitrogen and oxygen atoms in total. The molecule has 0 fully saturated rings. The van der Waals surface area contributed by atoms with Crippen LogP contribution in [0.25, 0.3) is 5.78 Å². The fourth-order valence-corrected chi connectivity index (χ4v) is 1.90.